The molecule has 0 saturated heterocycles. The molecule has 0 unspecified atom stereocenters. The van der Waals surface area contributed by atoms with E-state index in [1.54, 1.807) is 0 Å². The molecule has 21 heavy (non-hydrogen) atoms. The van der Waals surface area contributed by atoms with Crippen LogP contribution in [0.4, 0.5) is 11.4 Å². The summed E-state index contributed by atoms with van der Waals surface area (Å²) in [5.41, 5.74) is -0.199. The lowest BCUT2D eigenvalue weighted by atomic mass is 9.93. The molecular weight excluding hydrogens is 296 g/mol. The van der Waals surface area contributed by atoms with Gasteiger partial charge in [-0.15, -0.1) is 0 Å². The molecule has 1 aliphatic carbocycles. The lowest BCUT2D eigenvalue weighted by Gasteiger charge is -2.27. The zero-order valence-corrected chi connectivity index (χ0v) is 12.5. The van der Waals surface area contributed by atoms with Crippen LogP contribution in [-0.2, 0) is 9.84 Å². The molecule has 0 bridgehead atoms. The number of aliphatic hydroxyl groups is 1. The van der Waals surface area contributed by atoms with Gasteiger partial charge >= 0.3 is 5.69 Å². The monoisotopic (exact) mass is 314 g/mol. The Balaban J connectivity index is 2.33. The second kappa shape index (κ2) is 5.98. The number of benzene rings is 1. The molecule has 116 valence electrons. The summed E-state index contributed by atoms with van der Waals surface area (Å²) in [5.74, 6) is 0. The number of aliphatic hydroxyl groups excluding tert-OH is 1. The summed E-state index contributed by atoms with van der Waals surface area (Å²) in [7, 11) is -3.67. The first-order valence-corrected chi connectivity index (χ1v) is 8.60. The van der Waals surface area contributed by atoms with Crippen molar-refractivity contribution in [3.05, 3.63) is 28.3 Å². The maximum absolute atomic E-state index is 11.7. The number of nitrogens with zero attached hydrogens (tertiary/aromatic N) is 1. The van der Waals surface area contributed by atoms with E-state index in [1.165, 1.54) is 18.2 Å². The molecule has 1 aliphatic rings. The number of hydrogen-bond donors (Lipinski definition) is 2. The third kappa shape index (κ3) is 3.70. The van der Waals surface area contributed by atoms with Crippen LogP contribution in [0, 0.1) is 10.1 Å². The minimum absolute atomic E-state index is 0.00177. The van der Waals surface area contributed by atoms with Crippen LogP contribution in [0.15, 0.2) is 23.1 Å². The highest BCUT2D eigenvalue weighted by atomic mass is 32.2. The van der Waals surface area contributed by atoms with Crippen molar-refractivity contribution in [1.82, 2.24) is 0 Å². The van der Waals surface area contributed by atoms with Crippen LogP contribution in [0.25, 0.3) is 0 Å². The van der Waals surface area contributed by atoms with Gasteiger partial charge in [0.05, 0.1) is 11.0 Å². The van der Waals surface area contributed by atoms with Crippen LogP contribution in [0.1, 0.15) is 25.7 Å². The van der Waals surface area contributed by atoms with Gasteiger partial charge in [0.1, 0.15) is 10.6 Å². The van der Waals surface area contributed by atoms with Gasteiger partial charge in [-0.3, -0.25) is 10.1 Å². The van der Waals surface area contributed by atoms with Crippen LogP contribution in [0.5, 0.6) is 0 Å². The van der Waals surface area contributed by atoms with E-state index >= 15 is 0 Å². The summed E-state index contributed by atoms with van der Waals surface area (Å²) in [6, 6.07) is 4.24. The molecule has 0 heterocycles. The molecule has 0 radical (unpaired) electrons. The molecule has 0 amide bonds. The average Bonchev–Trinajstić information content (AvgIpc) is 2.40. The number of sulfone groups is 1. The number of anilines is 1. The molecule has 8 heteroatoms. The number of nitro groups is 1. The summed E-state index contributed by atoms with van der Waals surface area (Å²) in [5, 5.41) is 23.8. The van der Waals surface area contributed by atoms with Crippen molar-refractivity contribution in [1.29, 1.82) is 0 Å². The van der Waals surface area contributed by atoms with Crippen molar-refractivity contribution in [2.45, 2.75) is 42.7 Å². The topological polar surface area (TPSA) is 110 Å². The first kappa shape index (κ1) is 15.7. The average molecular weight is 314 g/mol. The number of nitrogens with one attached hydrogen (secondary N) is 1. The number of nitro benzene ring substituents is 1. The second-order valence-electron chi connectivity index (χ2n) is 5.33. The smallest absolute Gasteiger partial charge is 0.310 e. The molecule has 0 spiro atoms. The third-order valence-corrected chi connectivity index (χ3v) is 4.77. The molecule has 1 aromatic carbocycles. The van der Waals surface area contributed by atoms with Crippen LogP contribution >= 0.6 is 0 Å². The minimum atomic E-state index is -3.67. The standard InChI is InChI=1S/C13H18N2O5S/c1-21(19,20)12-4-2-3-11(13(12)15(17)18)14-9-5-7-10(16)8-6-9/h2-4,9-10,14,16H,5-8H2,1H3. The first-order chi connectivity index (χ1) is 9.79. The molecule has 0 atom stereocenters. The molecular formula is C13H18N2O5S. The van der Waals surface area contributed by atoms with E-state index in [1.807, 2.05) is 0 Å². The molecule has 1 saturated carbocycles. The van der Waals surface area contributed by atoms with Gasteiger partial charge in [-0.25, -0.2) is 8.42 Å². The van der Waals surface area contributed by atoms with Gasteiger partial charge in [-0.2, -0.15) is 0 Å². The highest BCUT2D eigenvalue weighted by Crippen LogP contribution is 2.33. The number of rotatable bonds is 4. The van der Waals surface area contributed by atoms with Crippen molar-refractivity contribution >= 4 is 21.2 Å². The van der Waals surface area contributed by atoms with Crippen molar-refractivity contribution in [3.63, 3.8) is 0 Å². The first-order valence-electron chi connectivity index (χ1n) is 6.71. The lowest BCUT2D eigenvalue weighted by molar-refractivity contribution is -0.386. The molecule has 0 aliphatic heterocycles. The molecule has 2 rings (SSSR count). The fraction of sp³-hybridized carbons (Fsp3) is 0.538. The molecule has 1 fully saturated rings. The Morgan fingerprint density at radius 3 is 2.43 bits per heavy atom. The lowest BCUT2D eigenvalue weighted by Crippen LogP contribution is -2.28. The van der Waals surface area contributed by atoms with Gasteiger partial charge in [0, 0.05) is 12.3 Å². The van der Waals surface area contributed by atoms with Crippen LogP contribution in [0.2, 0.25) is 0 Å². The summed E-state index contributed by atoms with van der Waals surface area (Å²) >= 11 is 0. The molecule has 1 aromatic rings. The quantitative estimate of drug-likeness (QED) is 0.647. The maximum atomic E-state index is 11.7. The highest BCUT2D eigenvalue weighted by molar-refractivity contribution is 7.90. The normalized spacial score (nSPS) is 22.8. The van der Waals surface area contributed by atoms with Gasteiger partial charge in [0.25, 0.3) is 0 Å². The van der Waals surface area contributed by atoms with E-state index in [-0.39, 0.29) is 22.7 Å². The van der Waals surface area contributed by atoms with Crippen LogP contribution in [-0.4, -0.2) is 36.8 Å². The van der Waals surface area contributed by atoms with Crippen molar-refractivity contribution in [2.24, 2.45) is 0 Å². The SMILES string of the molecule is CS(=O)(=O)c1cccc(NC2CCC(O)CC2)c1[N+](=O)[O-]. The largest absolute Gasteiger partial charge is 0.393 e. The molecule has 7 nitrogen and oxygen atoms in total. The van der Waals surface area contributed by atoms with Gasteiger partial charge in [0.2, 0.25) is 0 Å². The van der Waals surface area contributed by atoms with Gasteiger partial charge in [-0.1, -0.05) is 6.07 Å². The van der Waals surface area contributed by atoms with E-state index in [0.717, 1.165) is 6.26 Å². The predicted octanol–water partition coefficient (Wildman–Crippen LogP) is 1.71. The van der Waals surface area contributed by atoms with Gasteiger partial charge in [-0.05, 0) is 37.8 Å². The Hall–Kier alpha value is -1.67. The zero-order valence-electron chi connectivity index (χ0n) is 11.7. The van der Waals surface area contributed by atoms with Gasteiger partial charge < -0.3 is 10.4 Å². The number of hydrogen-bond acceptors (Lipinski definition) is 6. The summed E-state index contributed by atoms with van der Waals surface area (Å²) in [6.45, 7) is 0. The van der Waals surface area contributed by atoms with E-state index in [4.69, 9.17) is 0 Å². The van der Waals surface area contributed by atoms with Crippen molar-refractivity contribution in [3.8, 4) is 0 Å². The predicted molar refractivity (Wildman–Crippen MR) is 78.1 cm³/mol. The van der Waals surface area contributed by atoms with E-state index < -0.39 is 20.4 Å². The summed E-state index contributed by atoms with van der Waals surface area (Å²) in [6.07, 6.45) is 3.30. The Morgan fingerprint density at radius 2 is 1.90 bits per heavy atom. The highest BCUT2D eigenvalue weighted by Gasteiger charge is 2.28. The second-order valence-corrected chi connectivity index (χ2v) is 7.32. The van der Waals surface area contributed by atoms with Crippen molar-refractivity contribution in [2.75, 3.05) is 11.6 Å². The fourth-order valence-electron chi connectivity index (χ4n) is 2.57. The summed E-state index contributed by atoms with van der Waals surface area (Å²) in [4.78, 5) is 10.3. The Bertz CT molecular complexity index is 636. The fourth-order valence-corrected chi connectivity index (χ4v) is 3.43. The zero-order chi connectivity index (χ0) is 15.6. The Labute approximate surface area is 123 Å². The van der Waals surface area contributed by atoms with Gasteiger partial charge in [0.15, 0.2) is 9.84 Å². The molecule has 0 aromatic heterocycles. The van der Waals surface area contributed by atoms with Crippen LogP contribution in [0.3, 0.4) is 0 Å². The van der Waals surface area contributed by atoms with Crippen LogP contribution < -0.4 is 5.32 Å². The third-order valence-electron chi connectivity index (χ3n) is 3.64. The van der Waals surface area contributed by atoms with Crippen molar-refractivity contribution < 1.29 is 18.4 Å². The van der Waals surface area contributed by atoms with E-state index in [2.05, 4.69) is 5.32 Å². The minimum Gasteiger partial charge on any atom is -0.393 e. The van der Waals surface area contributed by atoms with E-state index in [9.17, 15) is 23.6 Å². The van der Waals surface area contributed by atoms with E-state index in [0.29, 0.717) is 25.7 Å². The molecule has 2 N–H and O–H groups in total. The Morgan fingerprint density at radius 1 is 1.29 bits per heavy atom. The maximum Gasteiger partial charge on any atom is 0.310 e. The number of para-hydroxylation sites is 1. The Kier molecular flexibility index (Phi) is 4.48. The summed E-state index contributed by atoms with van der Waals surface area (Å²) < 4.78 is 23.4.